The minimum Gasteiger partial charge on any atom is -0.477 e. The maximum atomic E-state index is 10.4. The van der Waals surface area contributed by atoms with Crippen molar-refractivity contribution in [3.8, 4) is 0 Å². The molecule has 3 N–H and O–H groups in total. The van der Waals surface area contributed by atoms with Crippen LogP contribution in [0.2, 0.25) is 0 Å². The highest BCUT2D eigenvalue weighted by atomic mass is 16.4. The van der Waals surface area contributed by atoms with Crippen molar-refractivity contribution in [2.45, 2.75) is 0 Å². The molecular weight excluding hydrogens is 144 g/mol. The molecule has 0 bridgehead atoms. The van der Waals surface area contributed by atoms with Crippen LogP contribution in [-0.2, 0) is 4.79 Å². The molecule has 4 nitrogen and oxygen atoms in total. The number of likely N-dealkylation sites (N-methyl/N-ethyl adjacent to an activating group) is 1. The zero-order valence-electron chi connectivity index (χ0n) is 6.22. The number of allylic oxidation sites excluding steroid dienone is 2. The minimum absolute atomic E-state index is 0.0185. The monoisotopic (exact) mass is 154 g/mol. The molecule has 0 aliphatic rings. The second kappa shape index (κ2) is 4.27. The summed E-state index contributed by atoms with van der Waals surface area (Å²) in [5.74, 6) is -1.09. The van der Waals surface area contributed by atoms with E-state index in [-0.39, 0.29) is 11.3 Å². The third-order valence-electron chi connectivity index (χ3n) is 1.13. The van der Waals surface area contributed by atoms with Crippen LogP contribution in [0.5, 0.6) is 0 Å². The highest BCUT2D eigenvalue weighted by molar-refractivity contribution is 5.95. The first-order chi connectivity index (χ1) is 5.17. The van der Waals surface area contributed by atoms with E-state index in [9.17, 15) is 4.79 Å². The third kappa shape index (κ3) is 2.25. The molecule has 0 aromatic carbocycles. The number of carboxylic acid groups (broad SMARTS) is 1. The summed E-state index contributed by atoms with van der Waals surface area (Å²) in [7, 11) is 1.48. The highest BCUT2D eigenvalue weighted by Gasteiger charge is 2.07. The Kier molecular flexibility index (Phi) is 3.66. The zero-order valence-corrected chi connectivity index (χ0v) is 6.22. The van der Waals surface area contributed by atoms with Crippen LogP contribution in [0.1, 0.15) is 0 Å². The Bertz CT molecular complexity index is 208. The maximum Gasteiger partial charge on any atom is 0.352 e. The van der Waals surface area contributed by atoms with E-state index >= 15 is 0 Å². The van der Waals surface area contributed by atoms with Crippen molar-refractivity contribution < 1.29 is 9.90 Å². The van der Waals surface area contributed by atoms with Crippen LogP contribution >= 0.6 is 0 Å². The summed E-state index contributed by atoms with van der Waals surface area (Å²) in [5, 5.41) is 17.8. The Morgan fingerprint density at radius 2 is 2.27 bits per heavy atom. The summed E-state index contributed by atoms with van der Waals surface area (Å²) in [6, 6.07) is 0. The van der Waals surface area contributed by atoms with Crippen LogP contribution in [0.25, 0.3) is 0 Å². The van der Waals surface area contributed by atoms with E-state index in [2.05, 4.69) is 11.9 Å². The van der Waals surface area contributed by atoms with Crippen molar-refractivity contribution in [1.29, 1.82) is 5.41 Å². The van der Waals surface area contributed by atoms with E-state index in [0.29, 0.717) is 0 Å². The largest absolute Gasteiger partial charge is 0.477 e. The van der Waals surface area contributed by atoms with E-state index in [1.165, 1.54) is 13.1 Å². The molecule has 0 saturated carbocycles. The molecule has 0 unspecified atom stereocenters. The van der Waals surface area contributed by atoms with E-state index in [4.69, 9.17) is 10.5 Å². The Hall–Kier alpha value is -1.58. The van der Waals surface area contributed by atoms with E-state index in [0.717, 1.165) is 6.21 Å². The summed E-state index contributed by atoms with van der Waals surface area (Å²) < 4.78 is 0. The van der Waals surface area contributed by atoms with Crippen molar-refractivity contribution in [3.63, 3.8) is 0 Å². The SMILES string of the molecule is C=C/C(C=N)=C(/NC)C(=O)O. The average Bonchev–Trinajstić information content (AvgIpc) is 1.99. The van der Waals surface area contributed by atoms with E-state index in [1.54, 1.807) is 0 Å². The van der Waals surface area contributed by atoms with Gasteiger partial charge in [0.05, 0.1) is 0 Å². The smallest absolute Gasteiger partial charge is 0.352 e. The Balaban J connectivity index is 4.92. The standard InChI is InChI=1S/C7H10N2O2/c1-3-5(4-8)6(9-2)7(10)11/h3-4,8-9H,1H2,2H3,(H,10,11)/b6-5-,8-4?. The number of rotatable bonds is 4. The molecule has 4 heteroatoms. The number of hydrogen-bond donors (Lipinski definition) is 3. The predicted octanol–water partition coefficient (Wildman–Crippen LogP) is 0.380. The second-order valence-electron chi connectivity index (χ2n) is 1.73. The van der Waals surface area contributed by atoms with Gasteiger partial charge in [-0.1, -0.05) is 12.7 Å². The van der Waals surface area contributed by atoms with Gasteiger partial charge in [0.25, 0.3) is 0 Å². The summed E-state index contributed by atoms with van der Waals surface area (Å²) >= 11 is 0. The topological polar surface area (TPSA) is 73.2 Å². The first-order valence-corrected chi connectivity index (χ1v) is 2.95. The maximum absolute atomic E-state index is 10.4. The van der Waals surface area contributed by atoms with Gasteiger partial charge in [-0.25, -0.2) is 4.79 Å². The van der Waals surface area contributed by atoms with Crippen LogP contribution in [-0.4, -0.2) is 24.3 Å². The summed E-state index contributed by atoms with van der Waals surface area (Å²) in [5.41, 5.74) is 0.245. The van der Waals surface area contributed by atoms with Gasteiger partial charge >= 0.3 is 5.97 Å². The van der Waals surface area contributed by atoms with Gasteiger partial charge in [0, 0.05) is 18.8 Å². The molecule has 0 atom stereocenters. The molecule has 0 rings (SSSR count). The summed E-state index contributed by atoms with van der Waals surface area (Å²) in [6.45, 7) is 3.37. The molecule has 0 spiro atoms. The number of aliphatic carboxylic acids is 1. The zero-order chi connectivity index (χ0) is 8.85. The summed E-state index contributed by atoms with van der Waals surface area (Å²) in [4.78, 5) is 10.4. The van der Waals surface area contributed by atoms with Crippen LogP contribution < -0.4 is 5.32 Å². The fraction of sp³-hybridized carbons (Fsp3) is 0.143. The fourth-order valence-corrected chi connectivity index (χ4v) is 0.608. The quantitative estimate of drug-likeness (QED) is 0.311. The van der Waals surface area contributed by atoms with Gasteiger partial charge in [0.15, 0.2) is 0 Å². The van der Waals surface area contributed by atoms with Crippen molar-refractivity contribution >= 4 is 12.2 Å². The average molecular weight is 154 g/mol. The number of nitrogens with one attached hydrogen (secondary N) is 2. The molecule has 0 aliphatic carbocycles. The molecule has 60 valence electrons. The van der Waals surface area contributed by atoms with Crippen LogP contribution in [0, 0.1) is 5.41 Å². The molecule has 0 fully saturated rings. The lowest BCUT2D eigenvalue weighted by atomic mass is 10.2. The van der Waals surface area contributed by atoms with Gasteiger partial charge in [-0.15, -0.1) is 0 Å². The molecule has 0 aromatic heterocycles. The van der Waals surface area contributed by atoms with Gasteiger partial charge < -0.3 is 15.8 Å². The lowest BCUT2D eigenvalue weighted by Gasteiger charge is -2.01. The highest BCUT2D eigenvalue weighted by Crippen LogP contribution is 1.98. The second-order valence-corrected chi connectivity index (χ2v) is 1.73. The molecule has 0 heterocycles. The first kappa shape index (κ1) is 9.42. The molecule has 11 heavy (non-hydrogen) atoms. The molecule has 0 aromatic rings. The minimum atomic E-state index is -1.09. The van der Waals surface area contributed by atoms with Crippen molar-refractivity contribution in [3.05, 3.63) is 23.9 Å². The lowest BCUT2D eigenvalue weighted by Crippen LogP contribution is -2.17. The van der Waals surface area contributed by atoms with Crippen LogP contribution in [0.15, 0.2) is 23.9 Å². The van der Waals surface area contributed by atoms with Crippen LogP contribution in [0.4, 0.5) is 0 Å². The predicted molar refractivity (Wildman–Crippen MR) is 42.7 cm³/mol. The lowest BCUT2D eigenvalue weighted by molar-refractivity contribution is -0.133. The molecule has 0 saturated heterocycles. The fourth-order valence-electron chi connectivity index (χ4n) is 0.608. The summed E-state index contributed by atoms with van der Waals surface area (Å²) in [6.07, 6.45) is 2.25. The van der Waals surface area contributed by atoms with Crippen molar-refractivity contribution in [2.24, 2.45) is 0 Å². The van der Waals surface area contributed by atoms with Crippen LogP contribution in [0.3, 0.4) is 0 Å². The molecular formula is C7H10N2O2. The van der Waals surface area contributed by atoms with Gasteiger partial charge in [-0.3, -0.25) is 0 Å². The van der Waals surface area contributed by atoms with Gasteiger partial charge in [0.1, 0.15) is 5.70 Å². The van der Waals surface area contributed by atoms with E-state index < -0.39 is 5.97 Å². The van der Waals surface area contributed by atoms with Crippen molar-refractivity contribution in [2.75, 3.05) is 7.05 Å². The Morgan fingerprint density at radius 1 is 1.73 bits per heavy atom. The number of carboxylic acids is 1. The molecule has 0 amide bonds. The van der Waals surface area contributed by atoms with Gasteiger partial charge in [-0.2, -0.15) is 0 Å². The Labute approximate surface area is 64.7 Å². The Morgan fingerprint density at radius 3 is 2.36 bits per heavy atom. The third-order valence-corrected chi connectivity index (χ3v) is 1.13. The molecule has 0 radical (unpaired) electrons. The number of hydrogen-bond acceptors (Lipinski definition) is 3. The van der Waals surface area contributed by atoms with Gasteiger partial charge in [0.2, 0.25) is 0 Å². The first-order valence-electron chi connectivity index (χ1n) is 2.95. The van der Waals surface area contributed by atoms with Crippen molar-refractivity contribution in [1.82, 2.24) is 5.32 Å². The van der Waals surface area contributed by atoms with Gasteiger partial charge in [-0.05, 0) is 0 Å². The molecule has 0 aliphatic heterocycles. The van der Waals surface area contributed by atoms with E-state index in [1.807, 2.05) is 0 Å². The normalized spacial score (nSPS) is 11.4. The number of carbonyl (C=O) groups is 1.